The van der Waals surface area contributed by atoms with Gasteiger partial charge >= 0.3 is 11.9 Å². The number of rotatable bonds is 5. The lowest BCUT2D eigenvalue weighted by Gasteiger charge is -2.12. The van der Waals surface area contributed by atoms with E-state index in [4.69, 9.17) is 5.11 Å². The van der Waals surface area contributed by atoms with Crippen LogP contribution >= 0.6 is 0 Å². The van der Waals surface area contributed by atoms with Gasteiger partial charge in [-0.1, -0.05) is 30.3 Å². The fourth-order valence-electron chi connectivity index (χ4n) is 1.85. The molecule has 0 heterocycles. The molecule has 0 aliphatic carbocycles. The Labute approximate surface area is 123 Å². The van der Waals surface area contributed by atoms with Crippen LogP contribution in [0.25, 0.3) is 0 Å². The fourth-order valence-corrected chi connectivity index (χ4v) is 3.12. The van der Waals surface area contributed by atoms with E-state index in [9.17, 15) is 18.9 Å². The molecule has 0 amide bonds. The maximum Gasteiger partial charge on any atom is 0.335 e. The van der Waals surface area contributed by atoms with Gasteiger partial charge < -0.3 is 10.2 Å². The maximum atomic E-state index is 12.5. The number of carboxylic acids is 2. The molecule has 0 fully saturated rings. The summed E-state index contributed by atoms with van der Waals surface area (Å²) in [6, 6.07) is 13.7. The zero-order chi connectivity index (χ0) is 15.4. The molecule has 0 saturated heterocycles. The smallest absolute Gasteiger partial charge is 0.335 e. The van der Waals surface area contributed by atoms with Gasteiger partial charge in [-0.3, -0.25) is 9.00 Å². The number of hydrogen-bond acceptors (Lipinski definition) is 3. The number of aliphatic carboxylic acids is 1. The zero-order valence-corrected chi connectivity index (χ0v) is 11.6. The van der Waals surface area contributed by atoms with Crippen LogP contribution in [-0.2, 0) is 15.6 Å². The molecule has 0 unspecified atom stereocenters. The van der Waals surface area contributed by atoms with E-state index in [0.717, 1.165) is 0 Å². The summed E-state index contributed by atoms with van der Waals surface area (Å²) >= 11 is 0. The van der Waals surface area contributed by atoms with E-state index in [1.54, 1.807) is 30.3 Å². The van der Waals surface area contributed by atoms with Gasteiger partial charge in [0.25, 0.3) is 0 Å². The molecule has 108 valence electrons. The summed E-state index contributed by atoms with van der Waals surface area (Å²) in [5.41, 5.74) is 0.494. The Morgan fingerprint density at radius 1 is 0.905 bits per heavy atom. The standard InChI is InChI=1S/C15H12O5S/c16-14(17)11-6-8-12(9-7-11)21(20)13(15(18)19)10-4-2-1-3-5-10/h1-9,13H,(H,16,17)(H,18,19)/t13-,21+/m0/s1. The highest BCUT2D eigenvalue weighted by Gasteiger charge is 2.27. The van der Waals surface area contributed by atoms with Crippen LogP contribution in [0.4, 0.5) is 0 Å². The molecule has 5 nitrogen and oxygen atoms in total. The lowest BCUT2D eigenvalue weighted by molar-refractivity contribution is -0.136. The van der Waals surface area contributed by atoms with Crippen LogP contribution < -0.4 is 0 Å². The van der Waals surface area contributed by atoms with E-state index in [2.05, 4.69) is 0 Å². The summed E-state index contributed by atoms with van der Waals surface area (Å²) in [6.45, 7) is 0. The Balaban J connectivity index is 2.35. The highest BCUT2D eigenvalue weighted by molar-refractivity contribution is 7.86. The van der Waals surface area contributed by atoms with E-state index in [1.807, 2.05) is 0 Å². The Hall–Kier alpha value is -2.47. The molecular weight excluding hydrogens is 292 g/mol. The van der Waals surface area contributed by atoms with Crippen molar-refractivity contribution >= 4 is 22.7 Å². The van der Waals surface area contributed by atoms with Crippen molar-refractivity contribution in [3.8, 4) is 0 Å². The van der Waals surface area contributed by atoms with Gasteiger partial charge in [-0.15, -0.1) is 0 Å². The number of benzene rings is 2. The summed E-state index contributed by atoms with van der Waals surface area (Å²) in [5.74, 6) is -2.29. The van der Waals surface area contributed by atoms with Gasteiger partial charge in [-0.25, -0.2) is 4.79 Å². The second-order valence-electron chi connectivity index (χ2n) is 4.26. The molecule has 0 spiro atoms. The third-order valence-corrected chi connectivity index (χ3v) is 4.51. The number of aromatic carboxylic acids is 1. The average Bonchev–Trinajstić information content (AvgIpc) is 2.48. The minimum Gasteiger partial charge on any atom is -0.480 e. The van der Waals surface area contributed by atoms with Crippen molar-refractivity contribution in [1.29, 1.82) is 0 Å². The minimum absolute atomic E-state index is 0.0577. The first kappa shape index (κ1) is 14.9. The molecule has 0 aliphatic rings. The summed E-state index contributed by atoms with van der Waals surface area (Å²) in [6.07, 6.45) is 0. The van der Waals surface area contributed by atoms with Crippen LogP contribution in [0.1, 0.15) is 21.2 Å². The van der Waals surface area contributed by atoms with E-state index in [0.29, 0.717) is 5.56 Å². The fraction of sp³-hybridized carbons (Fsp3) is 0.0667. The lowest BCUT2D eigenvalue weighted by atomic mass is 10.1. The topological polar surface area (TPSA) is 91.7 Å². The predicted molar refractivity (Wildman–Crippen MR) is 76.6 cm³/mol. The molecule has 0 aromatic heterocycles. The van der Waals surface area contributed by atoms with Crippen LogP contribution in [0.15, 0.2) is 59.5 Å². The molecule has 2 rings (SSSR count). The SMILES string of the molecule is O=C(O)c1ccc([S@@](=O)[C@H](C(=O)O)c2ccccc2)cc1. The van der Waals surface area contributed by atoms with Crippen molar-refractivity contribution < 1.29 is 24.0 Å². The average molecular weight is 304 g/mol. The van der Waals surface area contributed by atoms with Crippen LogP contribution in [0.2, 0.25) is 0 Å². The third-order valence-electron chi connectivity index (χ3n) is 2.87. The minimum atomic E-state index is -1.82. The maximum absolute atomic E-state index is 12.5. The molecule has 2 atom stereocenters. The van der Waals surface area contributed by atoms with Gasteiger partial charge in [0.05, 0.1) is 16.4 Å². The highest BCUT2D eigenvalue weighted by atomic mass is 32.2. The largest absolute Gasteiger partial charge is 0.480 e. The van der Waals surface area contributed by atoms with E-state index < -0.39 is 28.0 Å². The Morgan fingerprint density at radius 2 is 1.48 bits per heavy atom. The van der Waals surface area contributed by atoms with Crippen LogP contribution in [0.3, 0.4) is 0 Å². The number of carbonyl (C=O) groups is 2. The van der Waals surface area contributed by atoms with Crippen molar-refractivity contribution in [2.45, 2.75) is 10.1 Å². The predicted octanol–water partition coefficient (Wildman–Crippen LogP) is 2.32. The van der Waals surface area contributed by atoms with Crippen molar-refractivity contribution in [1.82, 2.24) is 0 Å². The van der Waals surface area contributed by atoms with Crippen molar-refractivity contribution in [3.05, 3.63) is 65.7 Å². The van der Waals surface area contributed by atoms with Gasteiger partial charge in [0.15, 0.2) is 5.25 Å². The summed E-state index contributed by atoms with van der Waals surface area (Å²) in [5, 5.41) is 16.9. The Bertz CT molecular complexity index is 679. The van der Waals surface area contributed by atoms with Crippen molar-refractivity contribution in [3.63, 3.8) is 0 Å². The Morgan fingerprint density at radius 3 is 1.95 bits per heavy atom. The second-order valence-corrected chi connectivity index (χ2v) is 5.79. The summed E-state index contributed by atoms with van der Waals surface area (Å²) < 4.78 is 12.5. The van der Waals surface area contributed by atoms with Gasteiger partial charge in [0.2, 0.25) is 0 Å². The molecule has 21 heavy (non-hydrogen) atoms. The molecule has 0 aliphatic heterocycles. The Kier molecular flexibility index (Phi) is 4.49. The van der Waals surface area contributed by atoms with Gasteiger partial charge in [0.1, 0.15) is 0 Å². The molecule has 2 aromatic rings. The molecule has 2 aromatic carbocycles. The van der Waals surface area contributed by atoms with Crippen LogP contribution in [0, 0.1) is 0 Å². The monoisotopic (exact) mass is 304 g/mol. The molecular formula is C15H12O5S. The molecule has 0 saturated carbocycles. The zero-order valence-electron chi connectivity index (χ0n) is 10.8. The van der Waals surface area contributed by atoms with Crippen molar-refractivity contribution in [2.24, 2.45) is 0 Å². The summed E-state index contributed by atoms with van der Waals surface area (Å²) in [4.78, 5) is 22.5. The van der Waals surface area contributed by atoms with E-state index in [-0.39, 0.29) is 10.5 Å². The van der Waals surface area contributed by atoms with Crippen LogP contribution in [0.5, 0.6) is 0 Å². The quantitative estimate of drug-likeness (QED) is 0.884. The van der Waals surface area contributed by atoms with E-state index in [1.165, 1.54) is 24.3 Å². The normalized spacial score (nSPS) is 13.3. The lowest BCUT2D eigenvalue weighted by Crippen LogP contribution is -2.17. The number of carboxylic acid groups (broad SMARTS) is 2. The molecule has 2 N–H and O–H groups in total. The van der Waals surface area contributed by atoms with Crippen LogP contribution in [-0.4, -0.2) is 26.4 Å². The van der Waals surface area contributed by atoms with E-state index >= 15 is 0 Å². The highest BCUT2D eigenvalue weighted by Crippen LogP contribution is 2.25. The van der Waals surface area contributed by atoms with Gasteiger partial charge in [-0.05, 0) is 29.8 Å². The first-order valence-electron chi connectivity index (χ1n) is 6.02. The molecule has 6 heteroatoms. The summed E-state index contributed by atoms with van der Waals surface area (Å²) in [7, 11) is -1.82. The van der Waals surface area contributed by atoms with Gasteiger partial charge in [0, 0.05) is 4.90 Å². The molecule has 0 bridgehead atoms. The van der Waals surface area contributed by atoms with Gasteiger partial charge in [-0.2, -0.15) is 0 Å². The first-order chi connectivity index (χ1) is 10.0. The van der Waals surface area contributed by atoms with Crippen molar-refractivity contribution in [2.75, 3.05) is 0 Å². The second kappa shape index (κ2) is 6.32. The number of hydrogen-bond donors (Lipinski definition) is 2. The first-order valence-corrected chi connectivity index (χ1v) is 7.23. The molecule has 0 radical (unpaired) electrons. The third kappa shape index (κ3) is 3.35.